The molecule has 1 N–H and O–H groups in total. The molecule has 4 heteroatoms. The van der Waals surface area contributed by atoms with Gasteiger partial charge in [-0.05, 0) is 25.7 Å². The number of hydrogen-bond acceptors (Lipinski definition) is 3. The van der Waals surface area contributed by atoms with E-state index in [0.29, 0.717) is 6.04 Å². The van der Waals surface area contributed by atoms with E-state index in [1.165, 1.54) is 25.7 Å². The van der Waals surface area contributed by atoms with E-state index >= 15 is 0 Å². The number of rotatable bonds is 4. The molecule has 1 aliphatic carbocycles. The Morgan fingerprint density at radius 2 is 1.94 bits per heavy atom. The SMILES string of the molecule is O=C1COC(CCCO)CN1C1CCCCCC1. The van der Waals surface area contributed by atoms with Crippen LogP contribution in [-0.4, -0.2) is 47.8 Å². The van der Waals surface area contributed by atoms with Crippen LogP contribution in [0.1, 0.15) is 51.4 Å². The van der Waals surface area contributed by atoms with Crippen LogP contribution in [0.4, 0.5) is 0 Å². The van der Waals surface area contributed by atoms with E-state index in [9.17, 15) is 4.79 Å². The summed E-state index contributed by atoms with van der Waals surface area (Å²) >= 11 is 0. The molecule has 1 amide bonds. The third-order valence-electron chi connectivity index (χ3n) is 4.11. The van der Waals surface area contributed by atoms with Gasteiger partial charge in [0.05, 0.1) is 6.10 Å². The number of amides is 1. The molecule has 0 bridgehead atoms. The second kappa shape index (κ2) is 7.10. The molecule has 0 aromatic carbocycles. The maximum absolute atomic E-state index is 12.0. The monoisotopic (exact) mass is 255 g/mol. The zero-order valence-electron chi connectivity index (χ0n) is 11.1. The van der Waals surface area contributed by atoms with Crippen LogP contribution >= 0.6 is 0 Å². The van der Waals surface area contributed by atoms with Gasteiger partial charge in [-0.15, -0.1) is 0 Å². The molecular weight excluding hydrogens is 230 g/mol. The molecule has 2 fully saturated rings. The van der Waals surface area contributed by atoms with Gasteiger partial charge in [-0.1, -0.05) is 25.7 Å². The van der Waals surface area contributed by atoms with Gasteiger partial charge in [0, 0.05) is 19.2 Å². The summed E-state index contributed by atoms with van der Waals surface area (Å²) in [4.78, 5) is 14.0. The van der Waals surface area contributed by atoms with Gasteiger partial charge < -0.3 is 14.7 Å². The molecule has 1 saturated heterocycles. The topological polar surface area (TPSA) is 49.8 Å². The Labute approximate surface area is 109 Å². The maximum Gasteiger partial charge on any atom is 0.248 e. The molecule has 1 saturated carbocycles. The summed E-state index contributed by atoms with van der Waals surface area (Å²) in [6, 6.07) is 0.431. The molecule has 0 aromatic heterocycles. The number of morpholine rings is 1. The standard InChI is InChI=1S/C14H25NO3/c16-9-5-8-13-10-15(14(17)11-18-13)12-6-3-1-2-4-7-12/h12-13,16H,1-11H2. The summed E-state index contributed by atoms with van der Waals surface area (Å²) in [5, 5.41) is 8.86. The Bertz CT molecular complexity index is 262. The number of hydrogen-bond donors (Lipinski definition) is 1. The van der Waals surface area contributed by atoms with Crippen molar-refractivity contribution in [3.63, 3.8) is 0 Å². The van der Waals surface area contributed by atoms with Crippen molar-refractivity contribution in [2.45, 2.75) is 63.5 Å². The number of carbonyl (C=O) groups excluding carboxylic acids is 1. The summed E-state index contributed by atoms with van der Waals surface area (Å²) in [5.41, 5.74) is 0. The van der Waals surface area contributed by atoms with Crippen molar-refractivity contribution in [1.82, 2.24) is 4.90 Å². The summed E-state index contributed by atoms with van der Waals surface area (Å²) in [6.07, 6.45) is 9.15. The highest BCUT2D eigenvalue weighted by Gasteiger charge is 2.31. The molecule has 0 aromatic rings. The predicted molar refractivity (Wildman–Crippen MR) is 69.3 cm³/mol. The highest BCUT2D eigenvalue weighted by atomic mass is 16.5. The van der Waals surface area contributed by atoms with Gasteiger partial charge in [-0.2, -0.15) is 0 Å². The van der Waals surface area contributed by atoms with Crippen molar-refractivity contribution in [3.05, 3.63) is 0 Å². The Morgan fingerprint density at radius 3 is 2.61 bits per heavy atom. The van der Waals surface area contributed by atoms with Crippen molar-refractivity contribution in [2.75, 3.05) is 19.8 Å². The maximum atomic E-state index is 12.0. The van der Waals surface area contributed by atoms with Gasteiger partial charge in [-0.3, -0.25) is 4.79 Å². The van der Waals surface area contributed by atoms with Gasteiger partial charge in [0.25, 0.3) is 0 Å². The van der Waals surface area contributed by atoms with Crippen molar-refractivity contribution < 1.29 is 14.6 Å². The lowest BCUT2D eigenvalue weighted by atomic mass is 10.0. The van der Waals surface area contributed by atoms with Crippen molar-refractivity contribution in [2.24, 2.45) is 0 Å². The quantitative estimate of drug-likeness (QED) is 0.778. The van der Waals surface area contributed by atoms with E-state index in [-0.39, 0.29) is 25.2 Å². The minimum Gasteiger partial charge on any atom is -0.396 e. The molecule has 1 heterocycles. The zero-order valence-corrected chi connectivity index (χ0v) is 11.1. The van der Waals surface area contributed by atoms with Crippen LogP contribution in [0.5, 0.6) is 0 Å². The van der Waals surface area contributed by atoms with Gasteiger partial charge in [0.15, 0.2) is 0 Å². The first-order valence-electron chi connectivity index (χ1n) is 7.33. The van der Waals surface area contributed by atoms with Gasteiger partial charge in [0.2, 0.25) is 5.91 Å². The fourth-order valence-electron chi connectivity index (χ4n) is 3.06. The van der Waals surface area contributed by atoms with E-state index in [1.54, 1.807) is 0 Å². The summed E-state index contributed by atoms with van der Waals surface area (Å²) < 4.78 is 5.54. The smallest absolute Gasteiger partial charge is 0.248 e. The lowest BCUT2D eigenvalue weighted by Crippen LogP contribution is -2.51. The average Bonchev–Trinajstić information content (AvgIpc) is 2.66. The lowest BCUT2D eigenvalue weighted by Gasteiger charge is -2.38. The number of nitrogens with zero attached hydrogens (tertiary/aromatic N) is 1. The molecule has 1 aliphatic heterocycles. The van der Waals surface area contributed by atoms with Crippen molar-refractivity contribution in [1.29, 1.82) is 0 Å². The van der Waals surface area contributed by atoms with Crippen LogP contribution in [0.25, 0.3) is 0 Å². The second-order valence-corrected chi connectivity index (χ2v) is 5.49. The first kappa shape index (κ1) is 13.8. The molecule has 1 atom stereocenters. The number of aliphatic hydroxyl groups is 1. The van der Waals surface area contributed by atoms with E-state index in [1.807, 2.05) is 0 Å². The minimum absolute atomic E-state index is 0.123. The highest BCUT2D eigenvalue weighted by molar-refractivity contribution is 5.78. The first-order chi connectivity index (χ1) is 8.81. The molecule has 4 nitrogen and oxygen atoms in total. The molecule has 18 heavy (non-hydrogen) atoms. The van der Waals surface area contributed by atoms with Crippen LogP contribution in [0.15, 0.2) is 0 Å². The van der Waals surface area contributed by atoms with Crippen LogP contribution in [0.3, 0.4) is 0 Å². The minimum atomic E-state index is 0.123. The van der Waals surface area contributed by atoms with Crippen molar-refractivity contribution in [3.8, 4) is 0 Å². The lowest BCUT2D eigenvalue weighted by molar-refractivity contribution is -0.153. The molecule has 0 radical (unpaired) electrons. The largest absolute Gasteiger partial charge is 0.396 e. The third-order valence-corrected chi connectivity index (χ3v) is 4.11. The molecule has 2 rings (SSSR count). The predicted octanol–water partition coefficient (Wildman–Crippen LogP) is 1.71. The molecule has 0 spiro atoms. The van der Waals surface area contributed by atoms with Gasteiger partial charge >= 0.3 is 0 Å². The Hall–Kier alpha value is -0.610. The summed E-state index contributed by atoms with van der Waals surface area (Å²) in [7, 11) is 0. The first-order valence-corrected chi connectivity index (χ1v) is 7.33. The summed E-state index contributed by atoms with van der Waals surface area (Å²) in [6.45, 7) is 1.16. The number of aliphatic hydroxyl groups excluding tert-OH is 1. The van der Waals surface area contributed by atoms with Crippen LogP contribution in [0, 0.1) is 0 Å². The normalized spacial score (nSPS) is 27.3. The number of ether oxygens (including phenoxy) is 1. The summed E-state index contributed by atoms with van der Waals surface area (Å²) in [5.74, 6) is 0.155. The van der Waals surface area contributed by atoms with Crippen molar-refractivity contribution >= 4 is 5.91 Å². The molecule has 2 aliphatic rings. The Morgan fingerprint density at radius 1 is 1.22 bits per heavy atom. The third kappa shape index (κ3) is 3.69. The number of carbonyl (C=O) groups is 1. The average molecular weight is 255 g/mol. The van der Waals surface area contributed by atoms with E-state index in [0.717, 1.165) is 32.2 Å². The fraction of sp³-hybridized carbons (Fsp3) is 0.929. The van der Waals surface area contributed by atoms with Crippen LogP contribution < -0.4 is 0 Å². The zero-order chi connectivity index (χ0) is 12.8. The highest BCUT2D eigenvalue weighted by Crippen LogP contribution is 2.24. The molecule has 1 unspecified atom stereocenters. The van der Waals surface area contributed by atoms with E-state index < -0.39 is 0 Å². The van der Waals surface area contributed by atoms with Gasteiger partial charge in [-0.25, -0.2) is 0 Å². The van der Waals surface area contributed by atoms with Gasteiger partial charge in [0.1, 0.15) is 6.61 Å². The Balaban J connectivity index is 1.89. The fourth-order valence-corrected chi connectivity index (χ4v) is 3.06. The second-order valence-electron chi connectivity index (χ2n) is 5.49. The van der Waals surface area contributed by atoms with Crippen LogP contribution in [-0.2, 0) is 9.53 Å². The molecular formula is C14H25NO3. The van der Waals surface area contributed by atoms with E-state index in [4.69, 9.17) is 9.84 Å². The van der Waals surface area contributed by atoms with Crippen LogP contribution in [0.2, 0.25) is 0 Å². The molecule has 104 valence electrons. The van der Waals surface area contributed by atoms with E-state index in [2.05, 4.69) is 4.90 Å². The Kier molecular flexibility index (Phi) is 5.45.